The maximum Gasteiger partial charge on any atom is 0.240 e. The molecule has 0 saturated heterocycles. The summed E-state index contributed by atoms with van der Waals surface area (Å²) in [5.74, 6) is 1.36. The molecule has 5 nitrogen and oxygen atoms in total. The molecule has 7 heteroatoms. The van der Waals surface area contributed by atoms with Crippen molar-refractivity contribution >= 4 is 39.9 Å². The number of benzene rings is 2. The molecule has 0 unspecified atom stereocenters. The van der Waals surface area contributed by atoms with Gasteiger partial charge in [0, 0.05) is 10.2 Å². The van der Waals surface area contributed by atoms with Crippen molar-refractivity contribution in [3.05, 3.63) is 69.7 Å². The first-order valence-corrected chi connectivity index (χ1v) is 9.13. The van der Waals surface area contributed by atoms with Crippen molar-refractivity contribution in [1.29, 1.82) is 0 Å². The van der Waals surface area contributed by atoms with E-state index in [-0.39, 0.29) is 0 Å². The van der Waals surface area contributed by atoms with Crippen molar-refractivity contribution in [1.82, 2.24) is 15.2 Å². The van der Waals surface area contributed by atoms with Crippen LogP contribution in [0.4, 0.5) is 5.95 Å². The normalized spacial score (nSPS) is 11.1. The molecule has 122 valence electrons. The van der Waals surface area contributed by atoms with Crippen LogP contribution < -0.4 is 5.43 Å². The van der Waals surface area contributed by atoms with Gasteiger partial charge in [-0.1, -0.05) is 64.1 Å². The van der Waals surface area contributed by atoms with Crippen LogP contribution in [0.5, 0.6) is 0 Å². The molecule has 2 aromatic carbocycles. The second kappa shape index (κ2) is 8.12. The largest absolute Gasteiger partial charge is 0.246 e. The van der Waals surface area contributed by atoms with E-state index >= 15 is 0 Å². The van der Waals surface area contributed by atoms with Gasteiger partial charge in [-0.25, -0.2) is 10.5 Å². The highest BCUT2D eigenvalue weighted by atomic mass is 79.9. The summed E-state index contributed by atoms with van der Waals surface area (Å²) >= 11 is 5.02. The first kappa shape index (κ1) is 16.7. The summed E-state index contributed by atoms with van der Waals surface area (Å²) in [7, 11) is 0. The lowest BCUT2D eigenvalue weighted by molar-refractivity contribution is 0.972. The molecule has 0 bridgehead atoms. The Labute approximate surface area is 153 Å². The first-order valence-electron chi connectivity index (χ1n) is 7.35. The number of hydrogen-bond acceptors (Lipinski definition) is 5. The Bertz CT molecular complexity index is 846. The third kappa shape index (κ3) is 4.69. The lowest BCUT2D eigenvalue weighted by atomic mass is 10.1. The number of aromatic amines is 1. The molecule has 0 saturated carbocycles. The van der Waals surface area contributed by atoms with E-state index in [1.54, 1.807) is 18.0 Å². The smallest absolute Gasteiger partial charge is 0.240 e. The minimum atomic E-state index is 0.522. The van der Waals surface area contributed by atoms with Gasteiger partial charge in [0.2, 0.25) is 11.1 Å². The standard InChI is InChI=1S/C17H16BrN5S/c1-12-5-2-3-7-14(12)11-24-17-20-16(22-23-17)21-19-10-13-6-4-8-15(18)9-13/h2-10H,11H2,1H3,(H2,20,21,22,23)/b19-10-. The average molecular weight is 402 g/mol. The zero-order valence-electron chi connectivity index (χ0n) is 13.0. The Balaban J connectivity index is 1.55. The molecule has 0 aliphatic carbocycles. The fourth-order valence-electron chi connectivity index (χ4n) is 2.03. The summed E-state index contributed by atoms with van der Waals surface area (Å²) in [6, 6.07) is 16.2. The Morgan fingerprint density at radius 2 is 2.12 bits per heavy atom. The number of nitrogens with zero attached hydrogens (tertiary/aromatic N) is 3. The van der Waals surface area contributed by atoms with E-state index in [0.717, 1.165) is 15.8 Å². The first-order chi connectivity index (χ1) is 11.7. The van der Waals surface area contributed by atoms with Crippen molar-refractivity contribution < 1.29 is 0 Å². The Morgan fingerprint density at radius 1 is 1.25 bits per heavy atom. The van der Waals surface area contributed by atoms with Crippen LogP contribution in [0.2, 0.25) is 0 Å². The fourth-order valence-corrected chi connectivity index (χ4v) is 3.32. The van der Waals surface area contributed by atoms with Crippen LogP contribution in [-0.2, 0) is 5.75 Å². The number of hydrogen-bond donors (Lipinski definition) is 2. The second-order valence-electron chi connectivity index (χ2n) is 5.11. The van der Waals surface area contributed by atoms with Crippen molar-refractivity contribution in [2.45, 2.75) is 17.8 Å². The van der Waals surface area contributed by atoms with Gasteiger partial charge in [-0.15, -0.1) is 5.10 Å². The van der Waals surface area contributed by atoms with Crippen molar-refractivity contribution in [2.24, 2.45) is 5.10 Å². The molecule has 0 amide bonds. The van der Waals surface area contributed by atoms with Crippen LogP contribution in [-0.4, -0.2) is 21.4 Å². The van der Waals surface area contributed by atoms with E-state index in [2.05, 4.69) is 60.7 Å². The van der Waals surface area contributed by atoms with Crippen LogP contribution in [0.15, 0.2) is 63.3 Å². The Hall–Kier alpha value is -2.12. The molecule has 3 rings (SSSR count). The summed E-state index contributed by atoms with van der Waals surface area (Å²) in [6.07, 6.45) is 1.73. The van der Waals surface area contributed by atoms with Gasteiger partial charge >= 0.3 is 0 Å². The van der Waals surface area contributed by atoms with E-state index in [0.29, 0.717) is 11.1 Å². The van der Waals surface area contributed by atoms with Gasteiger partial charge in [0.15, 0.2) is 0 Å². The highest BCUT2D eigenvalue weighted by Gasteiger charge is 2.04. The van der Waals surface area contributed by atoms with E-state index < -0.39 is 0 Å². The minimum absolute atomic E-state index is 0.522. The number of aryl methyl sites for hydroxylation is 1. The molecule has 24 heavy (non-hydrogen) atoms. The predicted octanol–water partition coefficient (Wildman–Crippen LogP) is 4.61. The van der Waals surface area contributed by atoms with Gasteiger partial charge < -0.3 is 0 Å². The SMILES string of the molecule is Cc1ccccc1CSc1n[nH]c(N/N=C\c2cccc(Br)c2)n1. The molecule has 0 radical (unpaired) electrons. The molecular formula is C17H16BrN5S. The lowest BCUT2D eigenvalue weighted by Crippen LogP contribution is -1.92. The number of hydrazone groups is 1. The maximum absolute atomic E-state index is 4.37. The summed E-state index contributed by atoms with van der Waals surface area (Å²) in [5, 5.41) is 11.9. The quantitative estimate of drug-likeness (QED) is 0.359. The molecule has 3 aromatic rings. The van der Waals surface area contributed by atoms with Gasteiger partial charge in [-0.05, 0) is 35.7 Å². The van der Waals surface area contributed by atoms with Crippen LogP contribution in [0.1, 0.15) is 16.7 Å². The molecule has 1 heterocycles. The number of nitrogens with one attached hydrogen (secondary N) is 2. The third-order valence-electron chi connectivity index (χ3n) is 3.32. The molecule has 0 aliphatic rings. The monoisotopic (exact) mass is 401 g/mol. The molecular weight excluding hydrogens is 386 g/mol. The number of anilines is 1. The summed E-state index contributed by atoms with van der Waals surface area (Å²) < 4.78 is 1.01. The zero-order chi connectivity index (χ0) is 16.8. The number of halogens is 1. The van der Waals surface area contributed by atoms with Crippen molar-refractivity contribution in [2.75, 3.05) is 5.43 Å². The fraction of sp³-hybridized carbons (Fsp3) is 0.118. The van der Waals surface area contributed by atoms with Crippen molar-refractivity contribution in [3.8, 4) is 0 Å². The summed E-state index contributed by atoms with van der Waals surface area (Å²) in [6.45, 7) is 2.11. The Morgan fingerprint density at radius 3 is 2.96 bits per heavy atom. The topological polar surface area (TPSA) is 66.0 Å². The molecule has 0 aliphatic heterocycles. The summed E-state index contributed by atoms with van der Waals surface area (Å²) in [5.41, 5.74) is 6.41. The number of thioether (sulfide) groups is 1. The van der Waals surface area contributed by atoms with Crippen LogP contribution in [0.3, 0.4) is 0 Å². The van der Waals surface area contributed by atoms with Crippen LogP contribution in [0, 0.1) is 6.92 Å². The summed E-state index contributed by atoms with van der Waals surface area (Å²) in [4.78, 5) is 4.37. The number of aromatic nitrogens is 3. The number of H-pyrrole nitrogens is 1. The highest BCUT2D eigenvalue weighted by molar-refractivity contribution is 9.10. The van der Waals surface area contributed by atoms with Crippen molar-refractivity contribution in [3.63, 3.8) is 0 Å². The molecule has 0 spiro atoms. The molecule has 1 aromatic heterocycles. The Kier molecular flexibility index (Phi) is 5.66. The molecule has 2 N–H and O–H groups in total. The van der Waals surface area contributed by atoms with E-state index in [9.17, 15) is 0 Å². The van der Waals surface area contributed by atoms with Gasteiger partial charge in [-0.3, -0.25) is 0 Å². The maximum atomic E-state index is 4.37. The minimum Gasteiger partial charge on any atom is -0.246 e. The predicted molar refractivity (Wildman–Crippen MR) is 102 cm³/mol. The molecule has 0 fully saturated rings. The lowest BCUT2D eigenvalue weighted by Gasteiger charge is -2.02. The zero-order valence-corrected chi connectivity index (χ0v) is 15.4. The second-order valence-corrected chi connectivity index (χ2v) is 6.96. The van der Waals surface area contributed by atoms with E-state index in [1.807, 2.05) is 36.4 Å². The van der Waals surface area contributed by atoms with Gasteiger partial charge in [0.1, 0.15) is 0 Å². The van der Waals surface area contributed by atoms with Crippen LogP contribution in [0.25, 0.3) is 0 Å². The average Bonchev–Trinajstić information content (AvgIpc) is 3.02. The van der Waals surface area contributed by atoms with Gasteiger partial charge in [0.25, 0.3) is 0 Å². The van der Waals surface area contributed by atoms with E-state index in [4.69, 9.17) is 0 Å². The third-order valence-corrected chi connectivity index (χ3v) is 4.71. The van der Waals surface area contributed by atoms with Gasteiger partial charge in [0.05, 0.1) is 6.21 Å². The number of rotatable bonds is 6. The molecule has 0 atom stereocenters. The van der Waals surface area contributed by atoms with Crippen LogP contribution >= 0.6 is 27.7 Å². The highest BCUT2D eigenvalue weighted by Crippen LogP contribution is 2.21. The van der Waals surface area contributed by atoms with E-state index in [1.165, 1.54) is 11.1 Å². The van der Waals surface area contributed by atoms with Gasteiger partial charge in [-0.2, -0.15) is 10.1 Å².